The quantitative estimate of drug-likeness (QED) is 0.877. The molecule has 4 heteroatoms. The molecular formula is C14H19N3O. The summed E-state index contributed by atoms with van der Waals surface area (Å²) >= 11 is 0. The van der Waals surface area contributed by atoms with Crippen molar-refractivity contribution in [1.82, 2.24) is 15.1 Å². The molecule has 0 aliphatic heterocycles. The fraction of sp³-hybridized carbons (Fsp3) is 0.357. The van der Waals surface area contributed by atoms with Crippen LogP contribution in [0.4, 0.5) is 0 Å². The first-order chi connectivity index (χ1) is 8.74. The molecule has 0 fully saturated rings. The summed E-state index contributed by atoms with van der Waals surface area (Å²) < 4.78 is 7.00. The Bertz CT molecular complexity index is 490. The number of aromatic nitrogens is 2. The second-order valence-corrected chi connectivity index (χ2v) is 4.18. The van der Waals surface area contributed by atoms with E-state index in [2.05, 4.69) is 29.5 Å². The summed E-state index contributed by atoms with van der Waals surface area (Å²) in [6, 6.07) is 10.3. The van der Waals surface area contributed by atoms with Gasteiger partial charge < -0.3 is 10.1 Å². The van der Waals surface area contributed by atoms with Gasteiger partial charge in [-0.05, 0) is 30.3 Å². The van der Waals surface area contributed by atoms with Gasteiger partial charge in [0.1, 0.15) is 5.75 Å². The molecule has 0 radical (unpaired) electrons. The number of ether oxygens (including phenoxy) is 1. The van der Waals surface area contributed by atoms with Crippen LogP contribution in [0.1, 0.15) is 24.2 Å². The van der Waals surface area contributed by atoms with Crippen molar-refractivity contribution >= 4 is 0 Å². The average Bonchev–Trinajstić information content (AvgIpc) is 2.82. The van der Waals surface area contributed by atoms with Gasteiger partial charge in [0.2, 0.25) is 0 Å². The normalized spacial score (nSPS) is 12.4. The maximum atomic E-state index is 5.18. The first-order valence-electron chi connectivity index (χ1n) is 6.11. The zero-order valence-corrected chi connectivity index (χ0v) is 11.1. The van der Waals surface area contributed by atoms with Gasteiger partial charge in [0, 0.05) is 13.2 Å². The highest BCUT2D eigenvalue weighted by Gasteiger charge is 2.15. The molecule has 1 heterocycles. The topological polar surface area (TPSA) is 39.1 Å². The van der Waals surface area contributed by atoms with E-state index in [4.69, 9.17) is 4.74 Å². The zero-order chi connectivity index (χ0) is 13.0. The molecule has 0 amide bonds. The number of aryl methyl sites for hydroxylation is 1. The van der Waals surface area contributed by atoms with Crippen molar-refractivity contribution < 1.29 is 4.74 Å². The van der Waals surface area contributed by atoms with Crippen LogP contribution in [0.15, 0.2) is 36.5 Å². The Morgan fingerprint density at radius 1 is 1.28 bits per heavy atom. The lowest BCUT2D eigenvalue weighted by Crippen LogP contribution is -2.22. The fourth-order valence-corrected chi connectivity index (χ4v) is 1.98. The number of nitrogens with one attached hydrogen (secondary N) is 1. The van der Waals surface area contributed by atoms with E-state index >= 15 is 0 Å². The summed E-state index contributed by atoms with van der Waals surface area (Å²) in [5.74, 6) is 0.870. The third-order valence-electron chi connectivity index (χ3n) is 2.89. The maximum absolute atomic E-state index is 5.18. The van der Waals surface area contributed by atoms with Gasteiger partial charge in [-0.3, -0.25) is 4.68 Å². The van der Waals surface area contributed by atoms with Gasteiger partial charge in [-0.1, -0.05) is 19.1 Å². The van der Waals surface area contributed by atoms with Crippen molar-refractivity contribution in [3.63, 3.8) is 0 Å². The average molecular weight is 245 g/mol. The zero-order valence-electron chi connectivity index (χ0n) is 11.1. The van der Waals surface area contributed by atoms with Gasteiger partial charge in [0.05, 0.1) is 18.8 Å². The smallest absolute Gasteiger partial charge is 0.118 e. The van der Waals surface area contributed by atoms with Crippen molar-refractivity contribution in [3.05, 3.63) is 47.8 Å². The Balaban J connectivity index is 2.28. The van der Waals surface area contributed by atoms with E-state index in [-0.39, 0.29) is 6.04 Å². The van der Waals surface area contributed by atoms with E-state index in [1.165, 1.54) is 5.56 Å². The van der Waals surface area contributed by atoms with Crippen LogP contribution >= 0.6 is 0 Å². The highest BCUT2D eigenvalue weighted by atomic mass is 16.5. The third kappa shape index (κ3) is 2.71. The van der Waals surface area contributed by atoms with Gasteiger partial charge in [-0.15, -0.1) is 0 Å². The summed E-state index contributed by atoms with van der Waals surface area (Å²) in [4.78, 5) is 0. The van der Waals surface area contributed by atoms with Crippen molar-refractivity contribution in [1.29, 1.82) is 0 Å². The molecule has 0 aliphatic rings. The number of hydrogen-bond donors (Lipinski definition) is 1. The lowest BCUT2D eigenvalue weighted by molar-refractivity contribution is 0.414. The Morgan fingerprint density at radius 2 is 2.00 bits per heavy atom. The molecule has 96 valence electrons. The second kappa shape index (κ2) is 5.69. The lowest BCUT2D eigenvalue weighted by Gasteiger charge is -2.16. The van der Waals surface area contributed by atoms with Crippen molar-refractivity contribution in [2.75, 3.05) is 13.7 Å². The fourth-order valence-electron chi connectivity index (χ4n) is 1.98. The van der Waals surface area contributed by atoms with Gasteiger partial charge in [-0.2, -0.15) is 5.10 Å². The van der Waals surface area contributed by atoms with Crippen LogP contribution in [0.2, 0.25) is 0 Å². The largest absolute Gasteiger partial charge is 0.497 e. The minimum Gasteiger partial charge on any atom is -0.497 e. The lowest BCUT2D eigenvalue weighted by atomic mass is 10.0. The van der Waals surface area contributed by atoms with Gasteiger partial charge in [0.15, 0.2) is 0 Å². The molecule has 0 bridgehead atoms. The Hall–Kier alpha value is -1.81. The van der Waals surface area contributed by atoms with Crippen molar-refractivity contribution in [3.8, 4) is 5.75 Å². The van der Waals surface area contributed by atoms with Gasteiger partial charge in [0.25, 0.3) is 0 Å². The maximum Gasteiger partial charge on any atom is 0.118 e. The standard InChI is InChI=1S/C14H19N3O/c1-4-15-14(13-9-10-17(2)16-13)11-5-7-12(18-3)8-6-11/h5-10,14-15H,4H2,1-3H3. The van der Waals surface area contributed by atoms with Crippen LogP contribution in [0.3, 0.4) is 0 Å². The molecule has 18 heavy (non-hydrogen) atoms. The molecule has 0 spiro atoms. The summed E-state index contributed by atoms with van der Waals surface area (Å²) in [5, 5.41) is 7.92. The first kappa shape index (κ1) is 12.6. The molecule has 1 aromatic heterocycles. The molecule has 1 unspecified atom stereocenters. The number of rotatable bonds is 5. The molecule has 4 nitrogen and oxygen atoms in total. The van der Waals surface area contributed by atoms with E-state index in [1.54, 1.807) is 7.11 Å². The number of nitrogens with zero attached hydrogens (tertiary/aromatic N) is 2. The van der Waals surface area contributed by atoms with E-state index in [0.29, 0.717) is 0 Å². The molecule has 0 saturated carbocycles. The van der Waals surface area contributed by atoms with E-state index in [1.807, 2.05) is 36.1 Å². The van der Waals surface area contributed by atoms with Crippen LogP contribution in [-0.2, 0) is 7.05 Å². The predicted octanol–water partition coefficient (Wildman–Crippen LogP) is 2.13. The van der Waals surface area contributed by atoms with Crippen molar-refractivity contribution in [2.45, 2.75) is 13.0 Å². The predicted molar refractivity (Wildman–Crippen MR) is 71.7 cm³/mol. The highest BCUT2D eigenvalue weighted by Crippen LogP contribution is 2.22. The monoisotopic (exact) mass is 245 g/mol. The minimum absolute atomic E-state index is 0.127. The van der Waals surface area contributed by atoms with Crippen molar-refractivity contribution in [2.24, 2.45) is 7.05 Å². The summed E-state index contributed by atoms with van der Waals surface area (Å²) in [6.07, 6.45) is 1.96. The van der Waals surface area contributed by atoms with Crippen LogP contribution in [0.25, 0.3) is 0 Å². The van der Waals surface area contributed by atoms with E-state index in [0.717, 1.165) is 18.0 Å². The second-order valence-electron chi connectivity index (χ2n) is 4.18. The Morgan fingerprint density at radius 3 is 2.50 bits per heavy atom. The molecule has 1 N–H and O–H groups in total. The van der Waals surface area contributed by atoms with Crippen LogP contribution in [0, 0.1) is 0 Å². The van der Waals surface area contributed by atoms with E-state index < -0.39 is 0 Å². The van der Waals surface area contributed by atoms with Crippen LogP contribution in [0.5, 0.6) is 5.75 Å². The van der Waals surface area contributed by atoms with Crippen LogP contribution < -0.4 is 10.1 Å². The summed E-state index contributed by atoms with van der Waals surface area (Å²) in [5.41, 5.74) is 2.22. The molecular weight excluding hydrogens is 226 g/mol. The molecule has 1 atom stereocenters. The number of hydrogen-bond acceptors (Lipinski definition) is 3. The molecule has 2 rings (SSSR count). The molecule has 2 aromatic rings. The SMILES string of the molecule is CCNC(c1ccc(OC)cc1)c1ccn(C)n1. The molecule has 0 saturated heterocycles. The minimum atomic E-state index is 0.127. The Kier molecular flexibility index (Phi) is 3.99. The number of methoxy groups -OCH3 is 1. The number of benzene rings is 1. The first-order valence-corrected chi connectivity index (χ1v) is 6.11. The van der Waals surface area contributed by atoms with Crippen LogP contribution in [-0.4, -0.2) is 23.4 Å². The molecule has 0 aliphatic carbocycles. The molecule has 1 aromatic carbocycles. The highest BCUT2D eigenvalue weighted by molar-refractivity contribution is 5.33. The third-order valence-corrected chi connectivity index (χ3v) is 2.89. The van der Waals surface area contributed by atoms with Gasteiger partial charge in [-0.25, -0.2) is 0 Å². The Labute approximate surface area is 108 Å². The summed E-state index contributed by atoms with van der Waals surface area (Å²) in [7, 11) is 3.61. The van der Waals surface area contributed by atoms with E-state index in [9.17, 15) is 0 Å². The van der Waals surface area contributed by atoms with Gasteiger partial charge >= 0.3 is 0 Å². The summed E-state index contributed by atoms with van der Waals surface area (Å²) in [6.45, 7) is 2.99.